The number of aliphatic hydroxyl groups is 4. The van der Waals surface area contributed by atoms with Crippen LogP contribution in [0, 0.1) is 0 Å². The van der Waals surface area contributed by atoms with Crippen LogP contribution in [0.1, 0.15) is 168 Å². The lowest BCUT2D eigenvalue weighted by Gasteiger charge is -2.44. The van der Waals surface area contributed by atoms with Gasteiger partial charge in [0.15, 0.2) is 12.6 Å². The number of hydrogen-bond donors (Lipinski definition) is 19. The van der Waals surface area contributed by atoms with E-state index in [1.807, 2.05) is 59.1 Å². The van der Waals surface area contributed by atoms with Crippen LogP contribution in [0.4, 0.5) is 8.90 Å². The summed E-state index contributed by atoms with van der Waals surface area (Å²) in [5, 5.41) is 119. The SMILES string of the molecule is CCCCCC[C@H](NC(=O)CC[C@H](NC(=O)N[C@@H](CCC(=O)N[C@H](CCCNC(=O)CCC(=O)NCCCC[C@H](CC(O)O)NC(=O)[C@@H](CNC(=O)c1ccc([Si](F)(C(C)(C)C)C(C)(C)C)cc1)NC(=O)CN1CCN(CC(=O)O)CCN(CC(=O)O)CCN(CC(=O)O)CC1)C(=O)O)C(=O)O)C(=O)O)C(O)O. The second-order valence-corrected chi connectivity index (χ2v) is 33.9. The number of carboxylic acids is 6. The topological polar surface area (TPSA) is 563 Å². The van der Waals surface area contributed by atoms with Crippen molar-refractivity contribution in [1.82, 2.24) is 67.5 Å². The van der Waals surface area contributed by atoms with Crippen LogP contribution in [0.3, 0.4) is 0 Å². The summed E-state index contributed by atoms with van der Waals surface area (Å²) in [4.78, 5) is 183. The Kier molecular flexibility index (Phi) is 43.1. The Bertz CT molecular complexity index is 3060. The molecule has 1 aliphatic heterocycles. The highest BCUT2D eigenvalue weighted by atomic mass is 28.4. The fraction of sp³-hybridized carbons (Fsp3) is 0.710. The van der Waals surface area contributed by atoms with Crippen LogP contribution in [0.5, 0.6) is 0 Å². The Morgan fingerprint density at radius 1 is 0.444 bits per heavy atom. The average molecular weight is 1560 g/mol. The number of carboxylic acid groups (broad SMARTS) is 6. The predicted octanol–water partition coefficient (Wildman–Crippen LogP) is -1.65. The fourth-order valence-electron chi connectivity index (χ4n) is 12.4. The van der Waals surface area contributed by atoms with Gasteiger partial charge in [-0.25, -0.2) is 19.2 Å². The summed E-state index contributed by atoms with van der Waals surface area (Å²) in [6, 6.07) is -3.73. The Hall–Kier alpha value is -8.57. The van der Waals surface area contributed by atoms with Gasteiger partial charge in [-0.1, -0.05) is 86.3 Å². The number of nitrogens with one attached hydrogen (secondary N) is 9. The molecule has 0 unspecified atom stereocenters. The van der Waals surface area contributed by atoms with Crippen LogP contribution in [-0.4, -0.2) is 309 Å². The van der Waals surface area contributed by atoms with E-state index >= 15 is 4.11 Å². The second kappa shape index (κ2) is 48.8. The van der Waals surface area contributed by atoms with Crippen molar-refractivity contribution in [1.29, 1.82) is 0 Å². The van der Waals surface area contributed by atoms with Crippen molar-refractivity contribution in [2.45, 2.75) is 217 Å². The lowest BCUT2D eigenvalue weighted by atomic mass is 10.0. The molecule has 108 heavy (non-hydrogen) atoms. The molecule has 0 spiro atoms. The molecule has 1 saturated heterocycles. The van der Waals surface area contributed by atoms with Gasteiger partial charge in [-0.05, 0) is 78.8 Å². The minimum Gasteiger partial charge on any atom is -0.480 e. The Morgan fingerprint density at radius 3 is 1.28 bits per heavy atom. The number of aliphatic carboxylic acids is 6. The van der Waals surface area contributed by atoms with Crippen LogP contribution >= 0.6 is 0 Å². The summed E-state index contributed by atoms with van der Waals surface area (Å²) in [6.45, 7) is 11.4. The van der Waals surface area contributed by atoms with Gasteiger partial charge in [-0.2, -0.15) is 0 Å². The van der Waals surface area contributed by atoms with Gasteiger partial charge in [0.2, 0.25) is 35.4 Å². The van der Waals surface area contributed by atoms with Crippen LogP contribution in [0.25, 0.3) is 0 Å². The number of carbonyl (C=O) groups excluding carboxylic acids is 8. The van der Waals surface area contributed by atoms with Gasteiger partial charge in [0, 0.05) is 116 Å². The van der Waals surface area contributed by atoms with E-state index in [9.17, 15) is 118 Å². The van der Waals surface area contributed by atoms with Gasteiger partial charge in [0.25, 0.3) is 14.3 Å². The third kappa shape index (κ3) is 38.0. The normalized spacial score (nSPS) is 15.6. The van der Waals surface area contributed by atoms with Crippen molar-refractivity contribution in [3.8, 4) is 0 Å². The maximum absolute atomic E-state index is 17.2. The summed E-state index contributed by atoms with van der Waals surface area (Å²) in [5.41, 5.74) is 0.104. The number of urea groups is 1. The van der Waals surface area contributed by atoms with Crippen LogP contribution < -0.4 is 53.0 Å². The average Bonchev–Trinajstić information content (AvgIpc) is 0.748. The van der Waals surface area contributed by atoms with Crippen molar-refractivity contribution >= 4 is 96.8 Å². The highest BCUT2D eigenvalue weighted by Crippen LogP contribution is 2.51. The first-order valence-corrected chi connectivity index (χ1v) is 38.2. The third-order valence-electron chi connectivity index (χ3n) is 18.1. The first-order valence-electron chi connectivity index (χ1n) is 36.4. The molecular formula is C69H116FN13O24Si. The number of nitrogens with zero attached hydrogens (tertiary/aromatic N) is 4. The molecule has 0 saturated carbocycles. The quantitative estimate of drug-likeness (QED) is 0.0150. The van der Waals surface area contributed by atoms with Crippen molar-refractivity contribution in [3.63, 3.8) is 0 Å². The van der Waals surface area contributed by atoms with Crippen LogP contribution in [0.15, 0.2) is 24.3 Å². The van der Waals surface area contributed by atoms with Gasteiger partial charge in [-0.3, -0.25) is 67.5 Å². The van der Waals surface area contributed by atoms with Gasteiger partial charge >= 0.3 is 41.8 Å². The first kappa shape index (κ1) is 95.5. The standard InChI is InChI=1S/C69H116FN13O24Si/c1-8-9-10-11-16-47(63(99)100)75-54(86)24-22-49(65(103)104)78-67(107)79-50(66(105)106)23-25-55(87)76-48(64(101)102)17-14-29-72-53(85)27-26-52(84)71-28-13-12-15-45(38-57(89)90)74-62(98)51(39-73-61(97)44-18-20-46(21-19-44)108(70,68(2,3)4)69(5,6)7)77-56(88)40-80-30-32-81(41-58(91)92)34-36-83(43-60(95)96)37-35-82(33-31-80)42-59(93)94/h18-21,45,47-51,57,63,89-90,99-100H,8-17,22-43H2,1-7H3,(H,71,84)(H,72,85)(H,73,97)(H,74,98)(H,75,86)(H,76,87)(H,77,88)(H,91,92)(H,93,94)(H,95,96)(H,101,102)(H,103,104)(H,105,106)(H2,78,79,107)/t45-,47+,48-,49+,50+,51-/m1/s1. The molecule has 1 heterocycles. The molecule has 0 radical (unpaired) electrons. The molecule has 612 valence electrons. The van der Waals surface area contributed by atoms with Gasteiger partial charge in [0.1, 0.15) is 24.2 Å². The molecule has 39 heteroatoms. The summed E-state index contributed by atoms with van der Waals surface area (Å²) in [5.74, 6) is -13.2. The summed E-state index contributed by atoms with van der Waals surface area (Å²) >= 11 is 0. The first-order chi connectivity index (χ1) is 50.5. The van der Waals surface area contributed by atoms with E-state index in [1.54, 1.807) is 31.7 Å². The number of unbranched alkanes of at least 4 members (excludes halogenated alkanes) is 4. The molecule has 19 N–H and O–H groups in total. The summed E-state index contributed by atoms with van der Waals surface area (Å²) in [6.07, 6.45) is -3.07. The molecule has 1 aliphatic rings. The molecule has 1 fully saturated rings. The summed E-state index contributed by atoms with van der Waals surface area (Å²) < 4.78 is 17.2. The van der Waals surface area contributed by atoms with E-state index in [0.29, 0.717) is 11.6 Å². The summed E-state index contributed by atoms with van der Waals surface area (Å²) in [7, 11) is -3.74. The van der Waals surface area contributed by atoms with Crippen molar-refractivity contribution < 1.29 is 122 Å². The van der Waals surface area contributed by atoms with E-state index < -0.39 is 209 Å². The monoisotopic (exact) mass is 1560 g/mol. The van der Waals surface area contributed by atoms with E-state index in [0.717, 1.165) is 19.3 Å². The highest BCUT2D eigenvalue weighted by molar-refractivity contribution is 6.90. The maximum atomic E-state index is 17.2. The van der Waals surface area contributed by atoms with Crippen molar-refractivity contribution in [2.75, 3.05) is 98.2 Å². The maximum Gasteiger partial charge on any atom is 0.326 e. The largest absolute Gasteiger partial charge is 0.480 e. The third-order valence-corrected chi connectivity index (χ3v) is 23.3. The van der Waals surface area contributed by atoms with E-state index in [4.69, 9.17) is 0 Å². The molecule has 2 rings (SSSR count). The van der Waals surface area contributed by atoms with E-state index in [-0.39, 0.29) is 129 Å². The molecule has 1 aromatic carbocycles. The second-order valence-electron chi connectivity index (χ2n) is 29.0. The minimum atomic E-state index is -3.74. The molecule has 37 nitrogen and oxygen atoms in total. The zero-order valence-electron chi connectivity index (χ0n) is 62.9. The molecule has 6 atom stereocenters. The number of carbonyl (C=O) groups is 14. The van der Waals surface area contributed by atoms with Crippen molar-refractivity contribution in [2.24, 2.45) is 0 Å². The molecule has 9 amide bonds. The van der Waals surface area contributed by atoms with Crippen LogP contribution in [0.2, 0.25) is 10.1 Å². The minimum absolute atomic E-state index is 0.0103. The number of amides is 9. The number of benzene rings is 1. The van der Waals surface area contributed by atoms with Gasteiger partial charge in [-0.15, -0.1) is 0 Å². The van der Waals surface area contributed by atoms with E-state index in [1.165, 1.54) is 12.1 Å². The number of hydrogen-bond acceptors (Lipinski definition) is 22. The van der Waals surface area contributed by atoms with Crippen LogP contribution in [-0.2, 0) is 57.5 Å². The Balaban J connectivity index is 2.07. The molecule has 0 aromatic heterocycles. The fourth-order valence-corrected chi connectivity index (χ4v) is 17.0. The number of halogens is 1. The Morgan fingerprint density at radius 2 is 0.861 bits per heavy atom. The van der Waals surface area contributed by atoms with Gasteiger partial charge < -0.3 is 103 Å². The van der Waals surface area contributed by atoms with Crippen molar-refractivity contribution in [3.05, 3.63) is 29.8 Å². The van der Waals surface area contributed by atoms with Gasteiger partial charge in [0.05, 0.1) is 32.2 Å². The number of aliphatic hydroxyl groups excluding tert-OH is 2. The number of rotatable bonds is 48. The van der Waals surface area contributed by atoms with E-state index in [2.05, 4.69) is 37.2 Å². The predicted molar refractivity (Wildman–Crippen MR) is 390 cm³/mol. The highest BCUT2D eigenvalue weighted by Gasteiger charge is 2.56. The molecule has 0 bridgehead atoms. The lowest BCUT2D eigenvalue weighted by Crippen LogP contribution is -2.58. The lowest BCUT2D eigenvalue weighted by molar-refractivity contribution is -0.142. The zero-order valence-corrected chi connectivity index (χ0v) is 63.9. The Labute approximate surface area is 628 Å². The molecule has 0 aliphatic carbocycles. The zero-order chi connectivity index (χ0) is 81.5. The molecular weight excluding hydrogens is 1440 g/mol. The smallest absolute Gasteiger partial charge is 0.326 e. The molecule has 1 aromatic rings.